The zero-order valence-corrected chi connectivity index (χ0v) is 20.8. The Bertz CT molecular complexity index is 919. The monoisotopic (exact) mass is 454 g/mol. The van der Waals surface area contributed by atoms with Crippen molar-refractivity contribution in [2.75, 3.05) is 25.0 Å². The number of anilines is 1. The van der Waals surface area contributed by atoms with Gasteiger partial charge in [0.15, 0.2) is 5.65 Å². The molecule has 7 heteroatoms. The first kappa shape index (κ1) is 24.0. The molecule has 2 aliphatic rings. The van der Waals surface area contributed by atoms with E-state index in [2.05, 4.69) is 46.4 Å². The maximum Gasteiger partial charge on any atom is 0.254 e. The standard InChI is InChI=1S/C26H42N6O/c1-4-32-25-22(18-29-32)24(30-20(3)21-12-6-5-7-13-21)23(17-28-25)26(33)27-14-10-16-31-15-9-8-11-19(31)2/h17-21H,4-16H2,1-3H3,(H,27,33)(H,28,30)/t19?,20-/m1/s1. The predicted molar refractivity (Wildman–Crippen MR) is 135 cm³/mol. The Hall–Kier alpha value is -2.15. The lowest BCUT2D eigenvalue weighted by molar-refractivity contribution is 0.0949. The number of nitrogens with one attached hydrogen (secondary N) is 2. The van der Waals surface area contributed by atoms with E-state index in [9.17, 15) is 4.79 Å². The predicted octanol–water partition coefficient (Wildman–Crippen LogP) is 4.83. The van der Waals surface area contributed by atoms with Gasteiger partial charge in [-0.25, -0.2) is 9.67 Å². The zero-order chi connectivity index (χ0) is 23.2. The molecule has 2 fully saturated rings. The molecule has 2 aromatic rings. The highest BCUT2D eigenvalue weighted by Gasteiger charge is 2.24. The molecule has 1 aliphatic heterocycles. The van der Waals surface area contributed by atoms with E-state index in [0.29, 0.717) is 30.1 Å². The second-order valence-electron chi connectivity index (χ2n) is 10.1. The van der Waals surface area contributed by atoms with Gasteiger partial charge in [0.25, 0.3) is 5.91 Å². The molecule has 2 aromatic heterocycles. The van der Waals surface area contributed by atoms with Gasteiger partial charge in [-0.05, 0) is 65.3 Å². The number of fused-ring (bicyclic) bond motifs is 1. The second-order valence-corrected chi connectivity index (χ2v) is 10.1. The van der Waals surface area contributed by atoms with Crippen molar-refractivity contribution in [1.82, 2.24) is 25.0 Å². The summed E-state index contributed by atoms with van der Waals surface area (Å²) in [6, 6.07) is 0.973. The van der Waals surface area contributed by atoms with Gasteiger partial charge in [0.05, 0.1) is 22.8 Å². The van der Waals surface area contributed by atoms with Gasteiger partial charge in [-0.3, -0.25) is 4.79 Å². The molecule has 7 nitrogen and oxygen atoms in total. The highest BCUT2D eigenvalue weighted by molar-refractivity contribution is 6.06. The van der Waals surface area contributed by atoms with Crippen LogP contribution >= 0.6 is 0 Å². The van der Waals surface area contributed by atoms with Crippen molar-refractivity contribution in [3.63, 3.8) is 0 Å². The number of hydrogen-bond donors (Lipinski definition) is 2. The number of pyridine rings is 1. The molecule has 1 saturated carbocycles. The molecule has 1 saturated heterocycles. The third-order valence-electron chi connectivity index (χ3n) is 7.79. The first-order valence-corrected chi connectivity index (χ1v) is 13.2. The topological polar surface area (TPSA) is 75.1 Å². The van der Waals surface area contributed by atoms with Crippen molar-refractivity contribution in [1.29, 1.82) is 0 Å². The Kier molecular flexibility index (Phi) is 8.23. The van der Waals surface area contributed by atoms with Gasteiger partial charge in [-0.2, -0.15) is 5.10 Å². The third-order valence-corrected chi connectivity index (χ3v) is 7.79. The Morgan fingerprint density at radius 3 is 2.70 bits per heavy atom. The van der Waals surface area contributed by atoms with Gasteiger partial charge >= 0.3 is 0 Å². The first-order chi connectivity index (χ1) is 16.1. The zero-order valence-electron chi connectivity index (χ0n) is 20.8. The van der Waals surface area contributed by atoms with Crippen LogP contribution in [0.5, 0.6) is 0 Å². The summed E-state index contributed by atoms with van der Waals surface area (Å²) in [6.45, 7) is 10.3. The molecule has 2 atom stereocenters. The van der Waals surface area contributed by atoms with Crippen LogP contribution in [-0.4, -0.2) is 57.3 Å². The van der Waals surface area contributed by atoms with Gasteiger partial charge in [0.1, 0.15) is 0 Å². The minimum Gasteiger partial charge on any atom is -0.381 e. The van der Waals surface area contributed by atoms with Crippen molar-refractivity contribution in [3.05, 3.63) is 18.0 Å². The van der Waals surface area contributed by atoms with Crippen LogP contribution in [0.1, 0.15) is 88.9 Å². The molecule has 0 radical (unpaired) electrons. The van der Waals surface area contributed by atoms with Gasteiger partial charge < -0.3 is 15.5 Å². The van der Waals surface area contributed by atoms with Crippen molar-refractivity contribution < 1.29 is 4.79 Å². The molecule has 1 amide bonds. The van der Waals surface area contributed by atoms with E-state index in [-0.39, 0.29) is 5.91 Å². The summed E-state index contributed by atoms with van der Waals surface area (Å²) in [5, 5.41) is 12.3. The molecule has 0 bridgehead atoms. The normalized spacial score (nSPS) is 21.2. The third kappa shape index (κ3) is 5.68. The average Bonchev–Trinajstić information content (AvgIpc) is 3.27. The van der Waals surface area contributed by atoms with Crippen LogP contribution in [0.25, 0.3) is 11.0 Å². The SMILES string of the molecule is CCn1ncc2c(N[C@H](C)C3CCCCC3)c(C(=O)NCCCN3CCCCC3C)cnc21. The quantitative estimate of drug-likeness (QED) is 0.531. The molecule has 182 valence electrons. The molecule has 0 spiro atoms. The van der Waals surface area contributed by atoms with Crippen molar-refractivity contribution in [3.8, 4) is 0 Å². The van der Waals surface area contributed by atoms with E-state index < -0.39 is 0 Å². The minimum atomic E-state index is -0.0429. The fourth-order valence-electron chi connectivity index (χ4n) is 5.63. The lowest BCUT2D eigenvalue weighted by Gasteiger charge is -2.33. The number of aromatic nitrogens is 3. The Labute approximate surface area is 198 Å². The van der Waals surface area contributed by atoms with Crippen molar-refractivity contribution in [2.24, 2.45) is 5.92 Å². The van der Waals surface area contributed by atoms with Crippen molar-refractivity contribution >= 4 is 22.6 Å². The summed E-state index contributed by atoms with van der Waals surface area (Å²) in [4.78, 5) is 20.4. The van der Waals surface area contributed by atoms with Gasteiger partial charge in [0, 0.05) is 37.9 Å². The van der Waals surface area contributed by atoms with E-state index in [0.717, 1.165) is 36.2 Å². The number of carbonyl (C=O) groups excluding carboxylic acids is 1. The molecule has 3 heterocycles. The van der Waals surface area contributed by atoms with E-state index in [1.165, 1.54) is 57.9 Å². The lowest BCUT2D eigenvalue weighted by Crippen LogP contribution is -2.39. The molecule has 33 heavy (non-hydrogen) atoms. The number of nitrogens with zero attached hydrogens (tertiary/aromatic N) is 4. The molecule has 2 N–H and O–H groups in total. The summed E-state index contributed by atoms with van der Waals surface area (Å²) in [6.07, 6.45) is 15.0. The maximum atomic E-state index is 13.2. The fourth-order valence-corrected chi connectivity index (χ4v) is 5.63. The molecular formula is C26H42N6O. The highest BCUT2D eigenvalue weighted by Crippen LogP contribution is 2.32. The van der Waals surface area contributed by atoms with Crippen LogP contribution in [0.15, 0.2) is 12.4 Å². The number of amides is 1. The van der Waals surface area contributed by atoms with E-state index in [1.807, 2.05) is 10.9 Å². The van der Waals surface area contributed by atoms with E-state index in [4.69, 9.17) is 0 Å². The second kappa shape index (κ2) is 11.3. The summed E-state index contributed by atoms with van der Waals surface area (Å²) < 4.78 is 1.90. The van der Waals surface area contributed by atoms with Crippen LogP contribution < -0.4 is 10.6 Å². The van der Waals surface area contributed by atoms with E-state index in [1.54, 1.807) is 6.20 Å². The minimum absolute atomic E-state index is 0.0429. The number of likely N-dealkylation sites (tertiary alicyclic amines) is 1. The van der Waals surface area contributed by atoms with Gasteiger partial charge in [-0.1, -0.05) is 25.7 Å². The van der Waals surface area contributed by atoms with Crippen LogP contribution in [0.2, 0.25) is 0 Å². The van der Waals surface area contributed by atoms with E-state index >= 15 is 0 Å². The van der Waals surface area contributed by atoms with Crippen LogP contribution in [-0.2, 0) is 6.54 Å². The molecule has 1 aliphatic carbocycles. The van der Waals surface area contributed by atoms with Gasteiger partial charge in [0.2, 0.25) is 0 Å². The summed E-state index contributed by atoms with van der Waals surface area (Å²) in [5.41, 5.74) is 2.36. The Morgan fingerprint density at radius 2 is 1.94 bits per heavy atom. The smallest absolute Gasteiger partial charge is 0.254 e. The Morgan fingerprint density at radius 1 is 1.15 bits per heavy atom. The van der Waals surface area contributed by atoms with Crippen molar-refractivity contribution in [2.45, 2.75) is 97.2 Å². The number of piperidine rings is 1. The van der Waals surface area contributed by atoms with Crippen LogP contribution in [0.3, 0.4) is 0 Å². The van der Waals surface area contributed by atoms with Gasteiger partial charge in [-0.15, -0.1) is 0 Å². The first-order valence-electron chi connectivity index (χ1n) is 13.2. The number of hydrogen-bond acceptors (Lipinski definition) is 5. The maximum absolute atomic E-state index is 13.2. The summed E-state index contributed by atoms with van der Waals surface area (Å²) >= 11 is 0. The average molecular weight is 455 g/mol. The van der Waals surface area contributed by atoms with Crippen LogP contribution in [0, 0.1) is 5.92 Å². The summed E-state index contributed by atoms with van der Waals surface area (Å²) in [7, 11) is 0. The van der Waals surface area contributed by atoms with Crippen LogP contribution in [0.4, 0.5) is 5.69 Å². The molecular weight excluding hydrogens is 412 g/mol. The lowest BCUT2D eigenvalue weighted by atomic mass is 9.84. The molecule has 0 aromatic carbocycles. The largest absolute Gasteiger partial charge is 0.381 e. The number of rotatable bonds is 9. The summed E-state index contributed by atoms with van der Waals surface area (Å²) in [5.74, 6) is 0.601. The molecule has 1 unspecified atom stereocenters. The Balaban J connectivity index is 1.45. The highest BCUT2D eigenvalue weighted by atomic mass is 16.1. The fraction of sp³-hybridized carbons (Fsp3) is 0.731. The number of carbonyl (C=O) groups is 1. The number of aryl methyl sites for hydroxylation is 1. The molecule has 4 rings (SSSR count).